The molecule has 0 aliphatic heterocycles. The van der Waals surface area contributed by atoms with Gasteiger partial charge in [-0.1, -0.05) is 23.7 Å². The lowest BCUT2D eigenvalue weighted by molar-refractivity contribution is -0.116. The molecule has 3 rings (SSSR count). The lowest BCUT2D eigenvalue weighted by Gasteiger charge is -2.13. The molecular weight excluding hydrogens is 376 g/mol. The molecule has 5 nitrogen and oxygen atoms in total. The van der Waals surface area contributed by atoms with E-state index in [1.54, 1.807) is 37.7 Å². The Morgan fingerprint density at radius 3 is 2.61 bits per heavy atom. The Bertz CT molecular complexity index is 932. The summed E-state index contributed by atoms with van der Waals surface area (Å²) in [5.41, 5.74) is 2.67. The van der Waals surface area contributed by atoms with Crippen molar-refractivity contribution >= 4 is 23.2 Å². The van der Waals surface area contributed by atoms with Crippen LogP contribution in [0.1, 0.15) is 17.5 Å². The van der Waals surface area contributed by atoms with Crippen molar-refractivity contribution in [3.8, 4) is 11.5 Å². The van der Waals surface area contributed by atoms with E-state index in [2.05, 4.69) is 10.3 Å². The second-order valence-electron chi connectivity index (χ2n) is 6.19. The smallest absolute Gasteiger partial charge is 0.224 e. The fourth-order valence-electron chi connectivity index (χ4n) is 2.68. The first-order valence-corrected chi connectivity index (χ1v) is 9.26. The fourth-order valence-corrected chi connectivity index (χ4v) is 2.89. The van der Waals surface area contributed by atoms with Crippen molar-refractivity contribution in [1.29, 1.82) is 0 Å². The number of nitrogens with zero attached hydrogens (tertiary/aromatic N) is 1. The van der Waals surface area contributed by atoms with E-state index < -0.39 is 0 Å². The number of ether oxygens (including phenoxy) is 2. The molecule has 0 spiro atoms. The van der Waals surface area contributed by atoms with E-state index in [9.17, 15) is 4.79 Å². The number of carbonyl (C=O) groups is 1. The first-order chi connectivity index (χ1) is 13.6. The van der Waals surface area contributed by atoms with Crippen molar-refractivity contribution in [2.45, 2.75) is 19.4 Å². The monoisotopic (exact) mass is 396 g/mol. The molecule has 28 heavy (non-hydrogen) atoms. The predicted octanol–water partition coefficient (Wildman–Crippen LogP) is 4.89. The van der Waals surface area contributed by atoms with Crippen LogP contribution in [0, 0.1) is 0 Å². The van der Waals surface area contributed by atoms with Crippen LogP contribution in [0.25, 0.3) is 0 Å². The van der Waals surface area contributed by atoms with Gasteiger partial charge in [0, 0.05) is 35.6 Å². The van der Waals surface area contributed by atoms with Gasteiger partial charge in [0.2, 0.25) is 5.91 Å². The molecule has 6 heteroatoms. The number of halogens is 1. The molecule has 0 fully saturated rings. The summed E-state index contributed by atoms with van der Waals surface area (Å²) in [6.07, 6.45) is 4.41. The molecule has 0 aliphatic carbocycles. The van der Waals surface area contributed by atoms with E-state index in [1.165, 1.54) is 0 Å². The molecular formula is C22H21ClN2O3. The summed E-state index contributed by atoms with van der Waals surface area (Å²) < 4.78 is 11.2. The summed E-state index contributed by atoms with van der Waals surface area (Å²) in [5, 5.41) is 3.57. The third kappa shape index (κ3) is 5.72. The molecule has 0 unspecified atom stereocenters. The van der Waals surface area contributed by atoms with Crippen molar-refractivity contribution in [1.82, 2.24) is 4.98 Å². The van der Waals surface area contributed by atoms with Crippen molar-refractivity contribution in [3.63, 3.8) is 0 Å². The van der Waals surface area contributed by atoms with Gasteiger partial charge in [0.1, 0.15) is 6.61 Å². The van der Waals surface area contributed by atoms with E-state index in [-0.39, 0.29) is 5.91 Å². The standard InChI is InChI=1S/C22H21ClN2O3/c1-27-20-7-6-19(14-21(20)28-15-17-9-11-24-12-10-17)25-22(26)8-5-16-3-2-4-18(23)13-16/h2-4,6-7,9-14H,5,8,15H2,1H3,(H,25,26). The van der Waals surface area contributed by atoms with Crippen molar-refractivity contribution in [3.05, 3.63) is 83.1 Å². The summed E-state index contributed by atoms with van der Waals surface area (Å²) in [7, 11) is 1.58. The number of carbonyl (C=O) groups excluding carboxylic acids is 1. The molecule has 3 aromatic rings. The Labute approximate surface area is 169 Å². The van der Waals surface area contributed by atoms with Gasteiger partial charge in [-0.15, -0.1) is 0 Å². The van der Waals surface area contributed by atoms with Crippen LogP contribution in [0.4, 0.5) is 5.69 Å². The molecule has 0 radical (unpaired) electrons. The number of pyridine rings is 1. The lowest BCUT2D eigenvalue weighted by atomic mass is 10.1. The molecule has 2 aromatic carbocycles. The van der Waals surface area contributed by atoms with Crippen LogP contribution in [0.2, 0.25) is 5.02 Å². The van der Waals surface area contributed by atoms with Gasteiger partial charge < -0.3 is 14.8 Å². The van der Waals surface area contributed by atoms with Crippen LogP contribution in [0.3, 0.4) is 0 Å². The molecule has 1 amide bonds. The maximum absolute atomic E-state index is 12.3. The number of aryl methyl sites for hydroxylation is 1. The summed E-state index contributed by atoms with van der Waals surface area (Å²) in [6.45, 7) is 0.380. The second kappa shape index (κ2) is 9.76. The zero-order chi connectivity index (χ0) is 19.8. The number of anilines is 1. The Hall–Kier alpha value is -3.05. The molecule has 0 aliphatic rings. The van der Waals surface area contributed by atoms with Crippen molar-refractivity contribution < 1.29 is 14.3 Å². The highest BCUT2D eigenvalue weighted by Gasteiger charge is 2.09. The SMILES string of the molecule is COc1ccc(NC(=O)CCc2cccc(Cl)c2)cc1OCc1ccncc1. The minimum absolute atomic E-state index is 0.0785. The summed E-state index contributed by atoms with van der Waals surface area (Å²) in [4.78, 5) is 16.3. The molecule has 0 saturated heterocycles. The Morgan fingerprint density at radius 1 is 1.04 bits per heavy atom. The number of amides is 1. The average molecular weight is 397 g/mol. The highest BCUT2D eigenvalue weighted by molar-refractivity contribution is 6.30. The Kier molecular flexibility index (Phi) is 6.87. The number of benzene rings is 2. The van der Waals surface area contributed by atoms with Crippen LogP contribution in [-0.2, 0) is 17.8 Å². The van der Waals surface area contributed by atoms with Crippen molar-refractivity contribution in [2.24, 2.45) is 0 Å². The highest BCUT2D eigenvalue weighted by atomic mass is 35.5. The third-order valence-electron chi connectivity index (χ3n) is 4.12. The Balaban J connectivity index is 1.60. The number of hydrogen-bond donors (Lipinski definition) is 1. The normalized spacial score (nSPS) is 10.4. The lowest BCUT2D eigenvalue weighted by Crippen LogP contribution is -2.12. The van der Waals surface area contributed by atoms with Crippen LogP contribution < -0.4 is 14.8 Å². The van der Waals surface area contributed by atoms with E-state index in [4.69, 9.17) is 21.1 Å². The number of methoxy groups -OCH3 is 1. The van der Waals surface area contributed by atoms with E-state index >= 15 is 0 Å². The minimum atomic E-state index is -0.0785. The van der Waals surface area contributed by atoms with E-state index in [0.29, 0.717) is 41.7 Å². The molecule has 0 saturated carbocycles. The van der Waals surface area contributed by atoms with Crippen molar-refractivity contribution in [2.75, 3.05) is 12.4 Å². The summed E-state index contributed by atoms with van der Waals surface area (Å²) in [6, 6.07) is 16.6. The van der Waals surface area contributed by atoms with Crippen LogP contribution in [-0.4, -0.2) is 18.0 Å². The summed E-state index contributed by atoms with van der Waals surface area (Å²) >= 11 is 5.98. The molecule has 0 atom stereocenters. The minimum Gasteiger partial charge on any atom is -0.493 e. The van der Waals surface area contributed by atoms with E-state index in [0.717, 1.165) is 11.1 Å². The number of hydrogen-bond acceptors (Lipinski definition) is 4. The number of aromatic nitrogens is 1. The first kappa shape index (κ1) is 19.7. The van der Waals surface area contributed by atoms with Crippen LogP contribution in [0.15, 0.2) is 67.0 Å². The van der Waals surface area contributed by atoms with Gasteiger partial charge in [0.25, 0.3) is 0 Å². The molecule has 144 valence electrons. The van der Waals surface area contributed by atoms with Crippen LogP contribution in [0.5, 0.6) is 11.5 Å². The van der Waals surface area contributed by atoms with E-state index in [1.807, 2.05) is 36.4 Å². The van der Waals surface area contributed by atoms with Gasteiger partial charge in [-0.3, -0.25) is 9.78 Å². The van der Waals surface area contributed by atoms with Gasteiger partial charge in [-0.2, -0.15) is 0 Å². The topological polar surface area (TPSA) is 60.5 Å². The maximum Gasteiger partial charge on any atom is 0.224 e. The van der Waals surface area contributed by atoms with Gasteiger partial charge in [0.05, 0.1) is 7.11 Å². The molecule has 1 N–H and O–H groups in total. The molecule has 0 bridgehead atoms. The largest absolute Gasteiger partial charge is 0.493 e. The van der Waals surface area contributed by atoms with Gasteiger partial charge >= 0.3 is 0 Å². The van der Waals surface area contributed by atoms with Gasteiger partial charge in [-0.05, 0) is 53.9 Å². The first-order valence-electron chi connectivity index (χ1n) is 8.88. The molecule has 1 aromatic heterocycles. The van der Waals surface area contributed by atoms with Gasteiger partial charge in [0.15, 0.2) is 11.5 Å². The Morgan fingerprint density at radius 2 is 1.86 bits per heavy atom. The second-order valence-corrected chi connectivity index (χ2v) is 6.62. The van der Waals surface area contributed by atoms with Gasteiger partial charge in [-0.25, -0.2) is 0 Å². The number of rotatable bonds is 8. The highest BCUT2D eigenvalue weighted by Crippen LogP contribution is 2.31. The third-order valence-corrected chi connectivity index (χ3v) is 4.36. The zero-order valence-electron chi connectivity index (χ0n) is 15.5. The molecule has 1 heterocycles. The predicted molar refractivity (Wildman–Crippen MR) is 110 cm³/mol. The zero-order valence-corrected chi connectivity index (χ0v) is 16.3. The quantitative estimate of drug-likeness (QED) is 0.588. The maximum atomic E-state index is 12.3. The fraction of sp³-hybridized carbons (Fsp3) is 0.182. The number of nitrogens with one attached hydrogen (secondary N) is 1. The summed E-state index contributed by atoms with van der Waals surface area (Å²) in [5.74, 6) is 1.09. The van der Waals surface area contributed by atoms with Crippen LogP contribution >= 0.6 is 11.6 Å². The average Bonchev–Trinajstić information content (AvgIpc) is 2.72.